The van der Waals surface area contributed by atoms with E-state index in [9.17, 15) is 9.18 Å². The normalized spacial score (nSPS) is 18.3. The molecule has 7 nitrogen and oxygen atoms in total. The lowest BCUT2D eigenvalue weighted by Crippen LogP contribution is -2.39. The van der Waals surface area contributed by atoms with Crippen molar-refractivity contribution in [3.63, 3.8) is 0 Å². The molecular weight excluding hydrogens is 335 g/mol. The number of amides is 1. The Morgan fingerprint density at radius 2 is 2.31 bits per heavy atom. The molecule has 1 saturated heterocycles. The van der Waals surface area contributed by atoms with Crippen LogP contribution in [0.5, 0.6) is 0 Å². The Balaban J connectivity index is 1.50. The number of hydrogen-bond acceptors (Lipinski definition) is 4. The summed E-state index contributed by atoms with van der Waals surface area (Å²) in [7, 11) is 1.81. The van der Waals surface area contributed by atoms with Crippen LogP contribution < -0.4 is 5.32 Å². The highest BCUT2D eigenvalue weighted by molar-refractivity contribution is 5.92. The molecule has 136 valence electrons. The van der Waals surface area contributed by atoms with Gasteiger partial charge in [-0.15, -0.1) is 0 Å². The van der Waals surface area contributed by atoms with E-state index in [2.05, 4.69) is 25.3 Å². The highest BCUT2D eigenvalue weighted by Gasteiger charge is 2.28. The van der Waals surface area contributed by atoms with Gasteiger partial charge in [0.05, 0.1) is 35.5 Å². The number of imidazole rings is 1. The number of aromatic amines is 1. The third-order valence-electron chi connectivity index (χ3n) is 4.73. The van der Waals surface area contributed by atoms with Gasteiger partial charge in [0, 0.05) is 13.2 Å². The first-order valence-corrected chi connectivity index (χ1v) is 8.76. The maximum Gasteiger partial charge on any atom is 0.238 e. The fourth-order valence-electron chi connectivity index (χ4n) is 3.52. The molecule has 0 unspecified atom stereocenters. The van der Waals surface area contributed by atoms with Crippen LogP contribution in [-0.4, -0.2) is 43.6 Å². The van der Waals surface area contributed by atoms with Crippen LogP contribution in [0, 0.1) is 5.82 Å². The number of nitrogens with one attached hydrogen (secondary N) is 2. The molecule has 8 heteroatoms. The van der Waals surface area contributed by atoms with E-state index in [4.69, 9.17) is 0 Å². The maximum absolute atomic E-state index is 13.4. The molecule has 0 aliphatic carbocycles. The van der Waals surface area contributed by atoms with Crippen molar-refractivity contribution >= 4 is 22.6 Å². The monoisotopic (exact) mass is 356 g/mol. The van der Waals surface area contributed by atoms with Crippen LogP contribution >= 0.6 is 0 Å². The minimum Gasteiger partial charge on any atom is -0.341 e. The maximum atomic E-state index is 13.4. The quantitative estimate of drug-likeness (QED) is 0.753. The van der Waals surface area contributed by atoms with Crippen molar-refractivity contribution in [2.24, 2.45) is 7.05 Å². The number of piperidine rings is 1. The van der Waals surface area contributed by atoms with Crippen LogP contribution in [0.2, 0.25) is 0 Å². The molecule has 4 rings (SSSR count). The highest BCUT2D eigenvalue weighted by Crippen LogP contribution is 2.30. The Kier molecular flexibility index (Phi) is 4.42. The lowest BCUT2D eigenvalue weighted by Gasteiger charge is -2.33. The predicted octanol–water partition coefficient (Wildman–Crippen LogP) is 2.60. The van der Waals surface area contributed by atoms with Gasteiger partial charge >= 0.3 is 0 Å². The van der Waals surface area contributed by atoms with Gasteiger partial charge in [0.15, 0.2) is 0 Å². The van der Waals surface area contributed by atoms with Crippen LogP contribution in [-0.2, 0) is 11.8 Å². The van der Waals surface area contributed by atoms with Gasteiger partial charge in [-0.2, -0.15) is 5.10 Å². The molecule has 0 radical (unpaired) electrons. The van der Waals surface area contributed by atoms with E-state index in [-0.39, 0.29) is 24.3 Å². The van der Waals surface area contributed by atoms with E-state index >= 15 is 0 Å². The van der Waals surface area contributed by atoms with E-state index in [0.29, 0.717) is 11.2 Å². The molecule has 1 aliphatic heterocycles. The number of aromatic nitrogens is 4. The number of benzene rings is 1. The van der Waals surface area contributed by atoms with E-state index < -0.39 is 0 Å². The van der Waals surface area contributed by atoms with E-state index in [1.165, 1.54) is 12.1 Å². The highest BCUT2D eigenvalue weighted by atomic mass is 19.1. The molecule has 2 N–H and O–H groups in total. The van der Waals surface area contributed by atoms with Gasteiger partial charge in [-0.25, -0.2) is 9.37 Å². The Morgan fingerprint density at radius 3 is 3.12 bits per heavy atom. The Labute approximate surface area is 150 Å². The summed E-state index contributed by atoms with van der Waals surface area (Å²) in [5.41, 5.74) is 2.11. The largest absolute Gasteiger partial charge is 0.341 e. The van der Waals surface area contributed by atoms with Crippen molar-refractivity contribution in [1.29, 1.82) is 0 Å². The lowest BCUT2D eigenvalue weighted by molar-refractivity contribution is -0.118. The number of fused-ring (bicyclic) bond motifs is 1. The van der Waals surface area contributed by atoms with Gasteiger partial charge in [-0.05, 0) is 37.6 Å². The first kappa shape index (κ1) is 16.7. The molecule has 26 heavy (non-hydrogen) atoms. The summed E-state index contributed by atoms with van der Waals surface area (Å²) in [5, 5.41) is 6.93. The van der Waals surface area contributed by atoms with Gasteiger partial charge in [0.2, 0.25) is 5.91 Å². The van der Waals surface area contributed by atoms with Crippen LogP contribution in [0.4, 0.5) is 10.1 Å². The Bertz CT molecular complexity index is 933. The number of hydrogen-bond donors (Lipinski definition) is 2. The molecule has 0 saturated carbocycles. The number of anilines is 1. The number of H-pyrrole nitrogens is 1. The first-order chi connectivity index (χ1) is 12.6. The summed E-state index contributed by atoms with van der Waals surface area (Å²) in [6.07, 6.45) is 6.43. The molecule has 1 atom stereocenters. The van der Waals surface area contributed by atoms with Crippen LogP contribution in [0.1, 0.15) is 31.1 Å². The molecular formula is C18H21FN6O. The average Bonchev–Trinajstić information content (AvgIpc) is 3.20. The fourth-order valence-corrected chi connectivity index (χ4v) is 3.52. The van der Waals surface area contributed by atoms with E-state index in [1.54, 1.807) is 30.2 Å². The molecule has 0 bridgehead atoms. The van der Waals surface area contributed by atoms with Crippen molar-refractivity contribution in [2.75, 3.05) is 18.4 Å². The van der Waals surface area contributed by atoms with Crippen molar-refractivity contribution in [2.45, 2.75) is 25.3 Å². The predicted molar refractivity (Wildman–Crippen MR) is 96.1 cm³/mol. The van der Waals surface area contributed by atoms with Gasteiger partial charge in [-0.1, -0.05) is 6.42 Å². The number of halogens is 1. The van der Waals surface area contributed by atoms with Crippen molar-refractivity contribution < 1.29 is 9.18 Å². The summed E-state index contributed by atoms with van der Waals surface area (Å²) >= 11 is 0. The smallest absolute Gasteiger partial charge is 0.238 e. The summed E-state index contributed by atoms with van der Waals surface area (Å²) in [5.74, 6) is 0.426. The third kappa shape index (κ3) is 3.45. The molecule has 0 spiro atoms. The first-order valence-electron chi connectivity index (χ1n) is 8.76. The van der Waals surface area contributed by atoms with Gasteiger partial charge in [0.25, 0.3) is 0 Å². The summed E-state index contributed by atoms with van der Waals surface area (Å²) in [6.45, 7) is 1.11. The van der Waals surface area contributed by atoms with E-state index in [1.807, 2.05) is 0 Å². The van der Waals surface area contributed by atoms with E-state index in [0.717, 1.165) is 37.1 Å². The van der Waals surface area contributed by atoms with Crippen LogP contribution in [0.25, 0.3) is 11.0 Å². The summed E-state index contributed by atoms with van der Waals surface area (Å²) < 4.78 is 15.1. The fraction of sp³-hybridized carbons (Fsp3) is 0.389. The van der Waals surface area contributed by atoms with Crippen LogP contribution in [0.3, 0.4) is 0 Å². The standard InChI is InChI=1S/C18H21FN6O/c1-24-10-13(9-20-24)21-17(26)11-25-7-3-2-4-16(25)18-22-14-6-5-12(19)8-15(14)23-18/h5-6,8-10,16H,2-4,7,11H2,1H3,(H,21,26)(H,22,23)/t16-/m0/s1. The minimum absolute atomic E-state index is 0.0267. The minimum atomic E-state index is -0.288. The number of carbonyl (C=O) groups is 1. The molecule has 1 aromatic carbocycles. The topological polar surface area (TPSA) is 78.8 Å². The summed E-state index contributed by atoms with van der Waals surface area (Å²) in [6, 6.07) is 4.56. The number of aryl methyl sites for hydroxylation is 1. The van der Waals surface area contributed by atoms with Crippen molar-refractivity contribution in [1.82, 2.24) is 24.6 Å². The average molecular weight is 356 g/mol. The zero-order chi connectivity index (χ0) is 18.1. The second-order valence-corrected chi connectivity index (χ2v) is 6.72. The second-order valence-electron chi connectivity index (χ2n) is 6.72. The second kappa shape index (κ2) is 6.87. The molecule has 1 aliphatic rings. The number of carbonyl (C=O) groups excluding carboxylic acids is 1. The Hall–Kier alpha value is -2.74. The Morgan fingerprint density at radius 1 is 1.42 bits per heavy atom. The molecule has 3 aromatic rings. The lowest BCUT2D eigenvalue weighted by atomic mass is 10.0. The van der Waals surface area contributed by atoms with Gasteiger partial charge in [-0.3, -0.25) is 14.4 Å². The summed E-state index contributed by atoms with van der Waals surface area (Å²) in [4.78, 5) is 22.4. The van der Waals surface area contributed by atoms with Crippen molar-refractivity contribution in [3.8, 4) is 0 Å². The SMILES string of the molecule is Cn1cc(NC(=O)CN2CCCC[C@H]2c2nc3ccc(F)cc3[nH]2)cn1. The van der Waals surface area contributed by atoms with Crippen molar-refractivity contribution in [3.05, 3.63) is 42.2 Å². The number of rotatable bonds is 4. The molecule has 1 fully saturated rings. The third-order valence-corrected chi connectivity index (χ3v) is 4.73. The van der Waals surface area contributed by atoms with Crippen LogP contribution in [0.15, 0.2) is 30.6 Å². The zero-order valence-corrected chi connectivity index (χ0v) is 14.6. The van der Waals surface area contributed by atoms with Gasteiger partial charge in [0.1, 0.15) is 11.6 Å². The zero-order valence-electron chi connectivity index (χ0n) is 14.6. The molecule has 2 aromatic heterocycles. The molecule has 3 heterocycles. The molecule has 1 amide bonds. The number of likely N-dealkylation sites (tertiary alicyclic amines) is 1. The van der Waals surface area contributed by atoms with Gasteiger partial charge < -0.3 is 10.3 Å². The number of nitrogens with zero attached hydrogens (tertiary/aromatic N) is 4.